The molecule has 0 saturated heterocycles. The predicted molar refractivity (Wildman–Crippen MR) is 90.9 cm³/mol. The summed E-state index contributed by atoms with van der Waals surface area (Å²) < 4.78 is 0. The third-order valence-corrected chi connectivity index (χ3v) is 3.63. The Bertz CT molecular complexity index is 1040. The van der Waals surface area contributed by atoms with Crippen LogP contribution in [0.15, 0.2) is 75.7 Å². The van der Waals surface area contributed by atoms with Gasteiger partial charge in [0.1, 0.15) is 0 Å². The lowest BCUT2D eigenvalue weighted by Gasteiger charge is -2.13. The number of benzene rings is 2. The zero-order chi connectivity index (χ0) is 17.8. The topological polar surface area (TPSA) is 112 Å². The van der Waals surface area contributed by atoms with Crippen molar-refractivity contribution in [3.8, 4) is 0 Å². The minimum atomic E-state index is -1.20. The van der Waals surface area contributed by atoms with Gasteiger partial charge in [-0.3, -0.25) is 14.4 Å². The number of carboxylic acids is 1. The van der Waals surface area contributed by atoms with E-state index >= 15 is 0 Å². The van der Waals surface area contributed by atoms with Crippen molar-refractivity contribution in [2.75, 3.05) is 0 Å². The van der Waals surface area contributed by atoms with Gasteiger partial charge in [0.05, 0.1) is 5.69 Å². The molecular weight excluding hydrogens is 322 g/mol. The molecule has 1 aromatic heterocycles. The van der Waals surface area contributed by atoms with Crippen LogP contribution in [-0.2, 0) is 9.59 Å². The molecule has 1 unspecified atom stereocenters. The fraction of sp³-hybridized carbons (Fsp3) is 0.0556. The predicted octanol–water partition coefficient (Wildman–Crippen LogP) is 3.01. The number of H-pyrrole nitrogens is 1. The molecule has 3 aromatic rings. The zero-order valence-electron chi connectivity index (χ0n) is 12.9. The molecule has 4 rings (SSSR count). The average molecular weight is 335 g/mol. The first-order valence-corrected chi connectivity index (χ1v) is 7.41. The molecule has 124 valence electrons. The Labute approximate surface area is 141 Å². The van der Waals surface area contributed by atoms with E-state index in [1.54, 1.807) is 24.3 Å². The summed E-state index contributed by atoms with van der Waals surface area (Å²) >= 11 is 0. The van der Waals surface area contributed by atoms with Gasteiger partial charge in [-0.1, -0.05) is 36.4 Å². The van der Waals surface area contributed by atoms with E-state index in [9.17, 15) is 14.4 Å². The summed E-state index contributed by atoms with van der Waals surface area (Å²) in [7, 11) is 0. The molecule has 2 heterocycles. The molecule has 7 heteroatoms. The summed E-state index contributed by atoms with van der Waals surface area (Å²) in [6, 6.07) is 17.6. The number of rotatable bonds is 1. The molecule has 1 atom stereocenters. The Kier molecular flexibility index (Phi) is 4.47. The van der Waals surface area contributed by atoms with Gasteiger partial charge >= 0.3 is 5.97 Å². The summed E-state index contributed by atoms with van der Waals surface area (Å²) in [6.45, 7) is 0. The Morgan fingerprint density at radius 1 is 0.920 bits per heavy atom. The van der Waals surface area contributed by atoms with Crippen molar-refractivity contribution in [3.05, 3.63) is 76.6 Å². The van der Waals surface area contributed by atoms with Crippen molar-refractivity contribution in [1.29, 1.82) is 0 Å². The molecule has 0 radical (unpaired) electrons. The van der Waals surface area contributed by atoms with Crippen LogP contribution in [0.1, 0.15) is 11.5 Å². The van der Waals surface area contributed by atoms with Crippen LogP contribution in [0, 0.1) is 0 Å². The zero-order valence-corrected chi connectivity index (χ0v) is 12.9. The molecule has 1 aliphatic heterocycles. The molecule has 0 saturated carbocycles. The van der Waals surface area contributed by atoms with Gasteiger partial charge in [0.2, 0.25) is 5.56 Å². The molecule has 25 heavy (non-hydrogen) atoms. The lowest BCUT2D eigenvalue weighted by molar-refractivity contribution is -0.142. The van der Waals surface area contributed by atoms with Gasteiger partial charge in [-0.25, -0.2) is 0 Å². The van der Waals surface area contributed by atoms with Crippen molar-refractivity contribution in [2.24, 2.45) is 10.2 Å². The van der Waals surface area contributed by atoms with Gasteiger partial charge in [0.25, 0.3) is 5.91 Å². The number of carbonyl (C=O) groups excluding carboxylic acids is 1. The van der Waals surface area contributed by atoms with E-state index in [1.165, 1.54) is 6.07 Å². The number of nitrogens with zero attached hydrogens (tertiary/aromatic N) is 2. The number of aromatic nitrogens is 1. The van der Waals surface area contributed by atoms with Crippen molar-refractivity contribution in [1.82, 2.24) is 4.98 Å². The highest BCUT2D eigenvalue weighted by molar-refractivity contribution is 6.04. The molecule has 2 N–H and O–H groups in total. The number of carbonyl (C=O) groups is 2. The third kappa shape index (κ3) is 3.50. The second kappa shape index (κ2) is 6.88. The van der Waals surface area contributed by atoms with E-state index < -0.39 is 17.8 Å². The number of hydrogen-bond acceptors (Lipinski definition) is 4. The summed E-state index contributed by atoms with van der Waals surface area (Å²) in [5, 5.41) is 16.8. The summed E-state index contributed by atoms with van der Waals surface area (Å²) in [5.74, 6) is -3.12. The quantitative estimate of drug-likeness (QED) is 0.666. The van der Waals surface area contributed by atoms with E-state index in [0.29, 0.717) is 11.3 Å². The first-order chi connectivity index (χ1) is 12.1. The minimum Gasteiger partial charge on any atom is -0.480 e. The fourth-order valence-electron chi connectivity index (χ4n) is 2.45. The number of carboxylic acid groups (broad SMARTS) is 1. The molecule has 0 spiro atoms. The Hall–Kier alpha value is -3.61. The van der Waals surface area contributed by atoms with E-state index in [2.05, 4.69) is 15.2 Å². The Morgan fingerprint density at radius 3 is 2.44 bits per heavy atom. The molecule has 1 aliphatic rings. The van der Waals surface area contributed by atoms with Crippen LogP contribution < -0.4 is 5.56 Å². The second-order valence-electron chi connectivity index (χ2n) is 5.28. The average Bonchev–Trinajstić information content (AvgIpc) is 2.61. The summed E-state index contributed by atoms with van der Waals surface area (Å²) in [4.78, 5) is 35.5. The third-order valence-electron chi connectivity index (χ3n) is 3.63. The Balaban J connectivity index is 0.000000150. The molecule has 0 aliphatic carbocycles. The van der Waals surface area contributed by atoms with E-state index in [0.717, 1.165) is 10.9 Å². The van der Waals surface area contributed by atoms with Gasteiger partial charge < -0.3 is 10.1 Å². The molecular formula is C18H13N3O4. The standard InChI is InChI=1S/C9H6N2O3.C9H7NO/c12-8-7(9(13)14)5-3-1-2-4-6(5)10-11-8;11-9-6-5-7-3-1-2-4-8(7)10-9/h1-4,7H,(H,13,14);1-6H,(H,10,11). The van der Waals surface area contributed by atoms with E-state index in [-0.39, 0.29) is 5.56 Å². The lowest BCUT2D eigenvalue weighted by Crippen LogP contribution is -2.21. The molecule has 2 aromatic carbocycles. The number of azo groups is 1. The second-order valence-corrected chi connectivity index (χ2v) is 5.28. The van der Waals surface area contributed by atoms with E-state index in [1.807, 2.05) is 30.3 Å². The maximum absolute atomic E-state index is 11.2. The Morgan fingerprint density at radius 2 is 1.64 bits per heavy atom. The van der Waals surface area contributed by atoms with Crippen molar-refractivity contribution in [3.63, 3.8) is 0 Å². The number of aromatic amines is 1. The highest BCUT2D eigenvalue weighted by atomic mass is 16.4. The van der Waals surface area contributed by atoms with Crippen LogP contribution in [0.5, 0.6) is 0 Å². The maximum Gasteiger partial charge on any atom is 0.320 e. The SMILES string of the molecule is O=C(O)C1C(=O)N=Nc2ccccc21.O=c1ccc2ccccc2[nH]1. The maximum atomic E-state index is 11.2. The summed E-state index contributed by atoms with van der Waals surface area (Å²) in [5.41, 5.74) is 1.68. The number of para-hydroxylation sites is 1. The van der Waals surface area contributed by atoms with Crippen LogP contribution in [-0.4, -0.2) is 22.0 Å². The van der Waals surface area contributed by atoms with Crippen molar-refractivity contribution < 1.29 is 14.7 Å². The first kappa shape index (κ1) is 16.3. The van der Waals surface area contributed by atoms with Crippen LogP contribution in [0.3, 0.4) is 0 Å². The largest absolute Gasteiger partial charge is 0.480 e. The number of nitrogens with one attached hydrogen (secondary N) is 1. The van der Waals surface area contributed by atoms with Gasteiger partial charge in [-0.05, 0) is 23.6 Å². The molecule has 7 nitrogen and oxygen atoms in total. The van der Waals surface area contributed by atoms with Gasteiger partial charge in [0.15, 0.2) is 5.92 Å². The molecule has 0 bridgehead atoms. The highest BCUT2D eigenvalue weighted by Gasteiger charge is 2.32. The summed E-state index contributed by atoms with van der Waals surface area (Å²) in [6.07, 6.45) is 0. The smallest absolute Gasteiger partial charge is 0.320 e. The van der Waals surface area contributed by atoms with Crippen LogP contribution in [0.4, 0.5) is 5.69 Å². The number of fused-ring (bicyclic) bond motifs is 2. The van der Waals surface area contributed by atoms with Crippen molar-refractivity contribution in [2.45, 2.75) is 5.92 Å². The van der Waals surface area contributed by atoms with Crippen LogP contribution >= 0.6 is 0 Å². The first-order valence-electron chi connectivity index (χ1n) is 7.41. The highest BCUT2D eigenvalue weighted by Crippen LogP contribution is 2.32. The normalized spacial score (nSPS) is 15.2. The monoisotopic (exact) mass is 335 g/mol. The van der Waals surface area contributed by atoms with Crippen LogP contribution in [0.2, 0.25) is 0 Å². The number of hydrogen-bond donors (Lipinski definition) is 2. The number of pyridine rings is 1. The van der Waals surface area contributed by atoms with E-state index in [4.69, 9.17) is 5.11 Å². The van der Waals surface area contributed by atoms with Gasteiger partial charge in [-0.15, -0.1) is 10.2 Å². The number of amides is 1. The lowest BCUT2D eigenvalue weighted by atomic mass is 9.96. The van der Waals surface area contributed by atoms with Gasteiger partial charge in [0, 0.05) is 17.1 Å². The van der Waals surface area contributed by atoms with Gasteiger partial charge in [-0.2, -0.15) is 0 Å². The molecule has 0 fully saturated rings. The molecule has 1 amide bonds. The number of aliphatic carboxylic acids is 1. The van der Waals surface area contributed by atoms with Crippen LogP contribution in [0.25, 0.3) is 10.9 Å². The fourth-order valence-corrected chi connectivity index (χ4v) is 2.45. The van der Waals surface area contributed by atoms with Crippen molar-refractivity contribution >= 4 is 28.5 Å². The minimum absolute atomic E-state index is 0.0521.